The highest BCUT2D eigenvalue weighted by atomic mass is 16.5. The van der Waals surface area contributed by atoms with E-state index < -0.39 is 6.10 Å². The van der Waals surface area contributed by atoms with E-state index in [1.54, 1.807) is 19.5 Å². The van der Waals surface area contributed by atoms with E-state index in [1.807, 2.05) is 30.3 Å². The molecule has 0 saturated carbocycles. The van der Waals surface area contributed by atoms with Crippen LogP contribution in [0.3, 0.4) is 0 Å². The van der Waals surface area contributed by atoms with Crippen molar-refractivity contribution in [2.75, 3.05) is 46.5 Å². The number of aliphatic hydroxyl groups is 1. The molecule has 0 radical (unpaired) electrons. The zero-order valence-corrected chi connectivity index (χ0v) is 19.2. The van der Waals surface area contributed by atoms with Gasteiger partial charge < -0.3 is 29.5 Å². The van der Waals surface area contributed by atoms with Gasteiger partial charge in [-0.15, -0.1) is 0 Å². The summed E-state index contributed by atoms with van der Waals surface area (Å²) in [6.07, 6.45) is 9.26. The molecule has 2 aromatic rings. The highest BCUT2D eigenvalue weighted by molar-refractivity contribution is 5.43. The monoisotopic (exact) mass is 443 g/mol. The second-order valence-electron chi connectivity index (χ2n) is 8.23. The average molecular weight is 444 g/mol. The van der Waals surface area contributed by atoms with Crippen molar-refractivity contribution in [3.05, 3.63) is 48.3 Å². The molecule has 0 bridgehead atoms. The third-order valence-electron chi connectivity index (χ3n) is 5.59. The largest absolute Gasteiger partial charge is 0.493 e. The van der Waals surface area contributed by atoms with Gasteiger partial charge in [0.2, 0.25) is 0 Å². The predicted octanol–water partition coefficient (Wildman–Crippen LogP) is 3.26. The zero-order chi connectivity index (χ0) is 22.4. The van der Waals surface area contributed by atoms with Crippen LogP contribution >= 0.6 is 0 Å². The van der Waals surface area contributed by atoms with Crippen molar-refractivity contribution in [1.29, 1.82) is 0 Å². The fraction of sp³-hybridized carbons (Fsp3) is 0.560. The number of β-amino-alcohol motifs (C(OH)–C–C–N with tert-alkyl or cyclic N) is 1. The van der Waals surface area contributed by atoms with E-state index in [2.05, 4.69) is 15.2 Å². The standard InChI is InChI=1S/C25H37N3O4/c1-30-25-16-21(17-27-12-15-31-23-8-7-11-26-18-23)9-10-24(25)32-20-22(29)19-28-13-5-3-2-4-6-14-28/h7-11,16,18,22,27,29H,2-6,12-15,17,19-20H2,1H3. The van der Waals surface area contributed by atoms with Crippen LogP contribution in [0, 0.1) is 0 Å². The molecule has 1 fully saturated rings. The number of rotatable bonds is 12. The fourth-order valence-corrected chi connectivity index (χ4v) is 3.88. The van der Waals surface area contributed by atoms with Gasteiger partial charge in [0.25, 0.3) is 0 Å². The molecule has 1 aliphatic rings. The van der Waals surface area contributed by atoms with Crippen LogP contribution in [0.1, 0.15) is 37.7 Å². The maximum atomic E-state index is 10.5. The van der Waals surface area contributed by atoms with Crippen LogP contribution in [0.25, 0.3) is 0 Å². The van der Waals surface area contributed by atoms with Gasteiger partial charge in [-0.1, -0.05) is 25.3 Å². The number of ether oxygens (including phenoxy) is 3. The SMILES string of the molecule is COc1cc(CNCCOc2cccnc2)ccc1OCC(O)CN1CCCCCCC1. The number of aliphatic hydroxyl groups excluding tert-OH is 1. The molecule has 0 aliphatic carbocycles. The Kier molecular flexibility index (Phi) is 10.6. The molecule has 1 aromatic heterocycles. The number of hydrogen-bond donors (Lipinski definition) is 2. The van der Waals surface area contributed by atoms with Crippen LogP contribution in [-0.2, 0) is 6.54 Å². The summed E-state index contributed by atoms with van der Waals surface area (Å²) < 4.78 is 17.0. The molecule has 7 nitrogen and oxygen atoms in total. The summed E-state index contributed by atoms with van der Waals surface area (Å²) >= 11 is 0. The Bertz CT molecular complexity index is 767. The Hall–Kier alpha value is -2.35. The molecule has 2 heterocycles. The van der Waals surface area contributed by atoms with Crippen LogP contribution in [0.2, 0.25) is 0 Å². The van der Waals surface area contributed by atoms with Gasteiger partial charge in [-0.25, -0.2) is 0 Å². The molecule has 176 valence electrons. The Labute approximate surface area is 191 Å². The molecule has 1 atom stereocenters. The van der Waals surface area contributed by atoms with Crippen molar-refractivity contribution in [2.24, 2.45) is 0 Å². The van der Waals surface area contributed by atoms with Gasteiger partial charge in [-0.2, -0.15) is 0 Å². The fourth-order valence-electron chi connectivity index (χ4n) is 3.88. The summed E-state index contributed by atoms with van der Waals surface area (Å²) in [5, 5.41) is 13.8. The van der Waals surface area contributed by atoms with Crippen LogP contribution < -0.4 is 19.5 Å². The molecule has 1 aromatic carbocycles. The van der Waals surface area contributed by atoms with Crippen molar-refractivity contribution in [1.82, 2.24) is 15.2 Å². The minimum absolute atomic E-state index is 0.260. The Morgan fingerprint density at radius 2 is 1.88 bits per heavy atom. The molecular weight excluding hydrogens is 406 g/mol. The first-order valence-corrected chi connectivity index (χ1v) is 11.7. The number of benzene rings is 1. The predicted molar refractivity (Wildman–Crippen MR) is 125 cm³/mol. The topological polar surface area (TPSA) is 76.1 Å². The van der Waals surface area contributed by atoms with E-state index in [4.69, 9.17) is 14.2 Å². The maximum absolute atomic E-state index is 10.5. The lowest BCUT2D eigenvalue weighted by molar-refractivity contribution is 0.0645. The molecular formula is C25H37N3O4. The molecule has 0 amide bonds. The third-order valence-corrected chi connectivity index (χ3v) is 5.59. The van der Waals surface area contributed by atoms with Crippen LogP contribution in [-0.4, -0.2) is 67.6 Å². The van der Waals surface area contributed by atoms with Crippen molar-refractivity contribution in [3.63, 3.8) is 0 Å². The number of aromatic nitrogens is 1. The number of nitrogens with zero attached hydrogens (tertiary/aromatic N) is 2. The lowest BCUT2D eigenvalue weighted by Gasteiger charge is -2.26. The Balaban J connectivity index is 1.39. The highest BCUT2D eigenvalue weighted by Crippen LogP contribution is 2.28. The van der Waals surface area contributed by atoms with Crippen LogP contribution in [0.5, 0.6) is 17.2 Å². The quantitative estimate of drug-likeness (QED) is 0.488. The van der Waals surface area contributed by atoms with Crippen molar-refractivity contribution in [3.8, 4) is 17.2 Å². The first-order valence-electron chi connectivity index (χ1n) is 11.7. The van der Waals surface area contributed by atoms with Gasteiger partial charge in [0.1, 0.15) is 25.1 Å². The van der Waals surface area contributed by atoms with Gasteiger partial charge >= 0.3 is 0 Å². The van der Waals surface area contributed by atoms with E-state index in [0.29, 0.717) is 31.2 Å². The number of methoxy groups -OCH3 is 1. The second kappa shape index (κ2) is 13.9. The summed E-state index contributed by atoms with van der Waals surface area (Å²) in [6.45, 7) is 5.04. The summed E-state index contributed by atoms with van der Waals surface area (Å²) in [7, 11) is 1.64. The number of nitrogens with one attached hydrogen (secondary N) is 1. The van der Waals surface area contributed by atoms with E-state index in [9.17, 15) is 5.11 Å². The molecule has 3 rings (SSSR count). The van der Waals surface area contributed by atoms with E-state index in [0.717, 1.165) is 30.9 Å². The molecule has 1 aliphatic heterocycles. The van der Waals surface area contributed by atoms with Crippen molar-refractivity contribution >= 4 is 0 Å². The highest BCUT2D eigenvalue weighted by Gasteiger charge is 2.15. The maximum Gasteiger partial charge on any atom is 0.161 e. The lowest BCUT2D eigenvalue weighted by atomic mass is 10.1. The average Bonchev–Trinajstić information content (AvgIpc) is 2.80. The Morgan fingerprint density at radius 1 is 1.06 bits per heavy atom. The summed E-state index contributed by atoms with van der Waals surface area (Å²) in [4.78, 5) is 6.39. The van der Waals surface area contributed by atoms with E-state index in [-0.39, 0.29) is 6.61 Å². The Morgan fingerprint density at radius 3 is 2.62 bits per heavy atom. The minimum Gasteiger partial charge on any atom is -0.493 e. The second-order valence-corrected chi connectivity index (χ2v) is 8.23. The molecule has 32 heavy (non-hydrogen) atoms. The summed E-state index contributed by atoms with van der Waals surface area (Å²) in [5.74, 6) is 2.10. The third kappa shape index (κ3) is 8.65. The molecule has 1 unspecified atom stereocenters. The van der Waals surface area contributed by atoms with Gasteiger partial charge in [-0.3, -0.25) is 4.98 Å². The molecule has 2 N–H and O–H groups in total. The number of likely N-dealkylation sites (tertiary alicyclic amines) is 1. The lowest BCUT2D eigenvalue weighted by Crippen LogP contribution is -2.37. The summed E-state index contributed by atoms with van der Waals surface area (Å²) in [6, 6.07) is 9.63. The normalized spacial score (nSPS) is 16.1. The molecule has 1 saturated heterocycles. The van der Waals surface area contributed by atoms with Gasteiger partial charge in [0.15, 0.2) is 11.5 Å². The molecule has 0 spiro atoms. The molecule has 7 heteroatoms. The summed E-state index contributed by atoms with van der Waals surface area (Å²) in [5.41, 5.74) is 1.09. The van der Waals surface area contributed by atoms with E-state index >= 15 is 0 Å². The van der Waals surface area contributed by atoms with Crippen LogP contribution in [0.15, 0.2) is 42.7 Å². The smallest absolute Gasteiger partial charge is 0.161 e. The minimum atomic E-state index is -0.514. The number of hydrogen-bond acceptors (Lipinski definition) is 7. The van der Waals surface area contributed by atoms with Gasteiger partial charge in [0.05, 0.1) is 13.3 Å². The van der Waals surface area contributed by atoms with Gasteiger partial charge in [0, 0.05) is 25.8 Å². The van der Waals surface area contributed by atoms with E-state index in [1.165, 1.54) is 32.1 Å². The van der Waals surface area contributed by atoms with Crippen LogP contribution in [0.4, 0.5) is 0 Å². The van der Waals surface area contributed by atoms with Crippen molar-refractivity contribution < 1.29 is 19.3 Å². The zero-order valence-electron chi connectivity index (χ0n) is 19.2. The first kappa shape index (κ1) is 24.3. The van der Waals surface area contributed by atoms with Gasteiger partial charge in [-0.05, 0) is 55.8 Å². The van der Waals surface area contributed by atoms with Crippen molar-refractivity contribution in [2.45, 2.75) is 44.8 Å². The first-order chi connectivity index (χ1) is 15.7. The number of pyridine rings is 1.